The average molecular weight is 270 g/mol. The molecule has 1 spiro atoms. The predicted octanol–water partition coefficient (Wildman–Crippen LogP) is 3.14. The zero-order chi connectivity index (χ0) is 13.8. The predicted molar refractivity (Wildman–Crippen MR) is 78.2 cm³/mol. The van der Waals surface area contributed by atoms with Gasteiger partial charge in [0, 0.05) is 19.2 Å². The number of benzene rings is 1. The van der Waals surface area contributed by atoms with E-state index in [1.54, 1.807) is 0 Å². The number of hydrogen-bond acceptors (Lipinski definition) is 3. The van der Waals surface area contributed by atoms with Crippen LogP contribution in [0.4, 0.5) is 0 Å². The number of nitrogens with one attached hydrogen (secondary N) is 1. The van der Waals surface area contributed by atoms with E-state index in [0.717, 1.165) is 31.6 Å². The summed E-state index contributed by atoms with van der Waals surface area (Å²) in [5.41, 5.74) is 2.10. The van der Waals surface area contributed by atoms with Crippen molar-refractivity contribution in [1.29, 1.82) is 5.26 Å². The van der Waals surface area contributed by atoms with Crippen molar-refractivity contribution in [3.05, 3.63) is 35.4 Å². The van der Waals surface area contributed by atoms with E-state index in [-0.39, 0.29) is 5.60 Å². The van der Waals surface area contributed by atoms with Crippen molar-refractivity contribution in [1.82, 2.24) is 5.32 Å². The van der Waals surface area contributed by atoms with Crippen LogP contribution in [0.1, 0.15) is 49.7 Å². The minimum absolute atomic E-state index is 0.171. The van der Waals surface area contributed by atoms with Gasteiger partial charge in [0.25, 0.3) is 0 Å². The highest BCUT2D eigenvalue weighted by Gasteiger charge is 2.39. The van der Waals surface area contributed by atoms with Gasteiger partial charge in [-0.2, -0.15) is 5.26 Å². The molecule has 2 aliphatic rings. The molecule has 0 aromatic heterocycles. The summed E-state index contributed by atoms with van der Waals surface area (Å²) in [6, 6.07) is 10.6. The second-order valence-electron chi connectivity index (χ2n) is 6.12. The fraction of sp³-hybridized carbons (Fsp3) is 0.588. The van der Waals surface area contributed by atoms with Crippen molar-refractivity contribution in [2.75, 3.05) is 6.61 Å². The fourth-order valence-corrected chi connectivity index (χ4v) is 3.58. The van der Waals surface area contributed by atoms with E-state index in [0.29, 0.717) is 6.04 Å². The minimum Gasteiger partial charge on any atom is -0.375 e. The highest BCUT2D eigenvalue weighted by Crippen LogP contribution is 2.39. The van der Waals surface area contributed by atoms with Crippen LogP contribution in [0.5, 0.6) is 0 Å². The van der Waals surface area contributed by atoms with Crippen molar-refractivity contribution in [3.63, 3.8) is 0 Å². The van der Waals surface area contributed by atoms with Crippen molar-refractivity contribution >= 4 is 0 Å². The van der Waals surface area contributed by atoms with Gasteiger partial charge in [0.15, 0.2) is 0 Å². The van der Waals surface area contributed by atoms with Gasteiger partial charge in [-0.3, -0.25) is 0 Å². The van der Waals surface area contributed by atoms with Crippen molar-refractivity contribution < 1.29 is 4.74 Å². The molecule has 0 bridgehead atoms. The summed E-state index contributed by atoms with van der Waals surface area (Å²) in [4.78, 5) is 0. The Balaban J connectivity index is 1.56. The number of nitriles is 1. The summed E-state index contributed by atoms with van der Waals surface area (Å²) in [5, 5.41) is 12.6. The standard InChI is InChI=1S/C17H22N2O/c18-12-14-4-3-5-15(10-14)13-19-16-6-9-20-17(11-16)7-1-2-8-17/h3-5,10,16,19H,1-2,6-9,11,13H2. The second-order valence-corrected chi connectivity index (χ2v) is 6.12. The first-order chi connectivity index (χ1) is 9.80. The van der Waals surface area contributed by atoms with Crippen molar-refractivity contribution in [2.45, 2.75) is 56.7 Å². The fourth-order valence-electron chi connectivity index (χ4n) is 3.58. The van der Waals surface area contributed by atoms with Gasteiger partial charge in [-0.1, -0.05) is 25.0 Å². The molecule has 3 rings (SSSR count). The average Bonchev–Trinajstić information content (AvgIpc) is 2.93. The first kappa shape index (κ1) is 13.6. The second kappa shape index (κ2) is 5.95. The Hall–Kier alpha value is -1.37. The molecule has 1 saturated heterocycles. The van der Waals surface area contributed by atoms with Crippen molar-refractivity contribution in [3.8, 4) is 6.07 Å². The Morgan fingerprint density at radius 3 is 3.00 bits per heavy atom. The molecule has 1 aromatic rings. The third-order valence-electron chi connectivity index (χ3n) is 4.66. The van der Waals surface area contributed by atoms with Crippen LogP contribution in [0.2, 0.25) is 0 Å². The third kappa shape index (κ3) is 3.03. The molecule has 3 nitrogen and oxygen atoms in total. The molecule has 2 fully saturated rings. The van der Waals surface area contributed by atoms with E-state index >= 15 is 0 Å². The van der Waals surface area contributed by atoms with Crippen LogP contribution in [0.25, 0.3) is 0 Å². The topological polar surface area (TPSA) is 45.0 Å². The maximum Gasteiger partial charge on any atom is 0.0991 e. The normalized spacial score (nSPS) is 24.6. The summed E-state index contributed by atoms with van der Waals surface area (Å²) < 4.78 is 6.06. The van der Waals surface area contributed by atoms with Crippen LogP contribution in [-0.2, 0) is 11.3 Å². The Labute approximate surface area is 120 Å². The SMILES string of the molecule is N#Cc1cccc(CNC2CCOC3(CCCC3)C2)c1. The minimum atomic E-state index is 0.171. The van der Waals surface area contributed by atoms with Crippen molar-refractivity contribution in [2.24, 2.45) is 0 Å². The van der Waals surface area contributed by atoms with E-state index in [9.17, 15) is 0 Å². The summed E-state index contributed by atoms with van der Waals surface area (Å²) in [5.74, 6) is 0. The number of rotatable bonds is 3. The first-order valence-electron chi connectivity index (χ1n) is 7.66. The highest BCUT2D eigenvalue weighted by molar-refractivity contribution is 5.32. The Bertz CT molecular complexity index is 500. The Morgan fingerprint density at radius 2 is 2.20 bits per heavy atom. The number of nitrogens with zero attached hydrogens (tertiary/aromatic N) is 1. The maximum atomic E-state index is 8.93. The maximum absolute atomic E-state index is 8.93. The molecular weight excluding hydrogens is 248 g/mol. The molecule has 3 heteroatoms. The van der Waals surface area contributed by atoms with Gasteiger partial charge in [0.1, 0.15) is 0 Å². The van der Waals surface area contributed by atoms with Gasteiger partial charge in [0.2, 0.25) is 0 Å². The lowest BCUT2D eigenvalue weighted by Crippen LogP contribution is -2.45. The zero-order valence-corrected chi connectivity index (χ0v) is 11.9. The van der Waals surface area contributed by atoms with Gasteiger partial charge in [-0.05, 0) is 43.4 Å². The molecule has 1 aliphatic carbocycles. The molecule has 1 atom stereocenters. The molecule has 106 valence electrons. The lowest BCUT2D eigenvalue weighted by atomic mass is 9.89. The van der Waals surface area contributed by atoms with E-state index in [4.69, 9.17) is 10.00 Å². The molecule has 0 radical (unpaired) electrons. The molecule has 1 unspecified atom stereocenters. The quantitative estimate of drug-likeness (QED) is 0.917. The van der Waals surface area contributed by atoms with Crippen LogP contribution in [-0.4, -0.2) is 18.2 Å². The molecule has 1 N–H and O–H groups in total. The lowest BCUT2D eigenvalue weighted by molar-refractivity contribution is -0.0837. The van der Waals surface area contributed by atoms with E-state index < -0.39 is 0 Å². The van der Waals surface area contributed by atoms with E-state index in [2.05, 4.69) is 17.5 Å². The largest absolute Gasteiger partial charge is 0.375 e. The smallest absolute Gasteiger partial charge is 0.0991 e. The van der Waals surface area contributed by atoms with Gasteiger partial charge in [0.05, 0.1) is 17.2 Å². The highest BCUT2D eigenvalue weighted by atomic mass is 16.5. The zero-order valence-electron chi connectivity index (χ0n) is 11.9. The lowest BCUT2D eigenvalue weighted by Gasteiger charge is -2.38. The summed E-state index contributed by atoms with van der Waals surface area (Å²) >= 11 is 0. The monoisotopic (exact) mass is 270 g/mol. The third-order valence-corrected chi connectivity index (χ3v) is 4.66. The van der Waals surface area contributed by atoms with E-state index in [1.165, 1.54) is 31.2 Å². The molecule has 0 amide bonds. The summed E-state index contributed by atoms with van der Waals surface area (Å²) in [6.07, 6.45) is 7.34. The van der Waals surface area contributed by atoms with Crippen LogP contribution in [0.15, 0.2) is 24.3 Å². The molecule has 1 saturated carbocycles. The molecule has 1 heterocycles. The van der Waals surface area contributed by atoms with Crippen LogP contribution in [0, 0.1) is 11.3 Å². The van der Waals surface area contributed by atoms with Crippen LogP contribution in [0.3, 0.4) is 0 Å². The molecule has 1 aromatic carbocycles. The first-order valence-corrected chi connectivity index (χ1v) is 7.66. The van der Waals surface area contributed by atoms with Crippen LogP contribution >= 0.6 is 0 Å². The van der Waals surface area contributed by atoms with E-state index in [1.807, 2.05) is 18.2 Å². The Kier molecular flexibility index (Phi) is 4.05. The van der Waals surface area contributed by atoms with Gasteiger partial charge >= 0.3 is 0 Å². The Morgan fingerprint density at radius 1 is 1.35 bits per heavy atom. The van der Waals surface area contributed by atoms with Crippen LogP contribution < -0.4 is 5.32 Å². The van der Waals surface area contributed by atoms with Gasteiger partial charge in [-0.25, -0.2) is 0 Å². The number of ether oxygens (including phenoxy) is 1. The van der Waals surface area contributed by atoms with Gasteiger partial charge in [-0.15, -0.1) is 0 Å². The summed E-state index contributed by atoms with van der Waals surface area (Å²) in [7, 11) is 0. The van der Waals surface area contributed by atoms with Gasteiger partial charge < -0.3 is 10.1 Å². The summed E-state index contributed by atoms with van der Waals surface area (Å²) in [6.45, 7) is 1.73. The number of hydrogen-bond donors (Lipinski definition) is 1. The molecular formula is C17H22N2O. The molecule has 1 aliphatic heterocycles. The molecule has 20 heavy (non-hydrogen) atoms.